The molecule has 0 aliphatic carbocycles. The van der Waals surface area contributed by atoms with Gasteiger partial charge in [-0.2, -0.15) is 0 Å². The predicted octanol–water partition coefficient (Wildman–Crippen LogP) is 3.51. The summed E-state index contributed by atoms with van der Waals surface area (Å²) < 4.78 is 10.8. The maximum Gasteiger partial charge on any atom is 0.412 e. The Morgan fingerprint density at radius 2 is 2.14 bits per heavy atom. The molecule has 1 atom stereocenters. The Morgan fingerprint density at radius 1 is 1.36 bits per heavy atom. The van der Waals surface area contributed by atoms with Crippen LogP contribution in [0.25, 0.3) is 0 Å². The molecule has 0 radical (unpaired) electrons. The maximum atomic E-state index is 11.9. The van der Waals surface area contributed by atoms with Crippen molar-refractivity contribution in [3.63, 3.8) is 0 Å². The molecule has 1 unspecified atom stereocenters. The molecule has 1 heterocycles. The van der Waals surface area contributed by atoms with Crippen LogP contribution in [0.15, 0.2) is 18.2 Å². The topological polar surface area (TPSA) is 59.6 Å². The third-order valence-corrected chi connectivity index (χ3v) is 3.61. The SMILES string of the molecule is COc1ccc(NC(=O)OC(C)(C)C)cc1C1CCCNC1. The van der Waals surface area contributed by atoms with Crippen molar-refractivity contribution < 1.29 is 14.3 Å². The van der Waals surface area contributed by atoms with Gasteiger partial charge in [-0.05, 0) is 58.4 Å². The monoisotopic (exact) mass is 306 g/mol. The molecular formula is C17H26N2O3. The lowest BCUT2D eigenvalue weighted by molar-refractivity contribution is 0.0636. The molecule has 1 aromatic carbocycles. The van der Waals surface area contributed by atoms with Crippen LogP contribution < -0.4 is 15.4 Å². The molecule has 1 aliphatic rings. The quantitative estimate of drug-likeness (QED) is 0.897. The minimum absolute atomic E-state index is 0.407. The number of carbonyl (C=O) groups excluding carboxylic acids is 1. The first-order valence-corrected chi connectivity index (χ1v) is 7.78. The van der Waals surface area contributed by atoms with Crippen molar-refractivity contribution >= 4 is 11.8 Å². The average molecular weight is 306 g/mol. The first-order chi connectivity index (χ1) is 10.4. The molecule has 1 aromatic rings. The highest BCUT2D eigenvalue weighted by molar-refractivity contribution is 5.85. The highest BCUT2D eigenvalue weighted by Crippen LogP contribution is 2.33. The van der Waals surface area contributed by atoms with Gasteiger partial charge in [0.2, 0.25) is 0 Å². The van der Waals surface area contributed by atoms with E-state index in [4.69, 9.17) is 9.47 Å². The highest BCUT2D eigenvalue weighted by Gasteiger charge is 2.21. The summed E-state index contributed by atoms with van der Waals surface area (Å²) in [6.07, 6.45) is 1.84. The van der Waals surface area contributed by atoms with Crippen molar-refractivity contribution in [3.8, 4) is 5.75 Å². The summed E-state index contributed by atoms with van der Waals surface area (Å²) in [5.74, 6) is 1.27. The van der Waals surface area contributed by atoms with Crippen LogP contribution in [0.1, 0.15) is 45.1 Å². The van der Waals surface area contributed by atoms with Crippen molar-refractivity contribution in [1.82, 2.24) is 5.32 Å². The fourth-order valence-electron chi connectivity index (χ4n) is 2.67. The zero-order valence-corrected chi connectivity index (χ0v) is 13.9. The number of ether oxygens (including phenoxy) is 2. The van der Waals surface area contributed by atoms with Crippen LogP contribution in [0.4, 0.5) is 10.5 Å². The fourth-order valence-corrected chi connectivity index (χ4v) is 2.67. The fraction of sp³-hybridized carbons (Fsp3) is 0.588. The van der Waals surface area contributed by atoms with Crippen molar-refractivity contribution in [2.45, 2.75) is 45.1 Å². The summed E-state index contributed by atoms with van der Waals surface area (Å²) in [4.78, 5) is 11.9. The summed E-state index contributed by atoms with van der Waals surface area (Å²) in [5.41, 5.74) is 1.35. The van der Waals surface area contributed by atoms with E-state index in [0.29, 0.717) is 5.92 Å². The number of methoxy groups -OCH3 is 1. The number of amides is 1. The van der Waals surface area contributed by atoms with E-state index in [1.165, 1.54) is 0 Å². The summed E-state index contributed by atoms with van der Waals surface area (Å²) >= 11 is 0. The first-order valence-electron chi connectivity index (χ1n) is 7.78. The van der Waals surface area contributed by atoms with Crippen LogP contribution in [0.2, 0.25) is 0 Å². The Hall–Kier alpha value is -1.75. The molecule has 0 saturated carbocycles. The van der Waals surface area contributed by atoms with E-state index in [2.05, 4.69) is 10.6 Å². The van der Waals surface area contributed by atoms with Crippen LogP contribution in [0, 0.1) is 0 Å². The molecule has 0 aromatic heterocycles. The van der Waals surface area contributed by atoms with Gasteiger partial charge in [0.1, 0.15) is 11.4 Å². The van der Waals surface area contributed by atoms with Crippen LogP contribution in [0.5, 0.6) is 5.75 Å². The minimum atomic E-state index is -0.507. The Morgan fingerprint density at radius 3 is 2.73 bits per heavy atom. The summed E-state index contributed by atoms with van der Waals surface area (Å²) in [6, 6.07) is 5.72. The lowest BCUT2D eigenvalue weighted by atomic mass is 9.90. The number of nitrogens with one attached hydrogen (secondary N) is 2. The van der Waals surface area contributed by atoms with Crippen LogP contribution >= 0.6 is 0 Å². The van der Waals surface area contributed by atoms with Crippen molar-refractivity contribution in [3.05, 3.63) is 23.8 Å². The molecule has 2 rings (SSSR count). The van der Waals surface area contributed by atoms with E-state index < -0.39 is 11.7 Å². The van der Waals surface area contributed by atoms with Gasteiger partial charge in [-0.15, -0.1) is 0 Å². The minimum Gasteiger partial charge on any atom is -0.496 e. The maximum absolute atomic E-state index is 11.9. The van der Waals surface area contributed by atoms with Gasteiger partial charge in [0.25, 0.3) is 0 Å². The molecule has 0 spiro atoms. The Labute approximate surface area is 132 Å². The van der Waals surface area contributed by atoms with E-state index in [1.807, 2.05) is 39.0 Å². The third kappa shape index (κ3) is 4.63. The van der Waals surface area contributed by atoms with E-state index in [-0.39, 0.29) is 0 Å². The van der Waals surface area contributed by atoms with E-state index in [9.17, 15) is 4.79 Å². The predicted molar refractivity (Wildman–Crippen MR) is 87.7 cm³/mol. The number of carbonyl (C=O) groups is 1. The molecule has 5 heteroatoms. The van der Waals surface area contributed by atoms with Crippen LogP contribution in [0.3, 0.4) is 0 Å². The van der Waals surface area contributed by atoms with Gasteiger partial charge in [-0.25, -0.2) is 4.79 Å². The van der Waals surface area contributed by atoms with Crippen molar-refractivity contribution in [1.29, 1.82) is 0 Å². The van der Waals surface area contributed by atoms with E-state index >= 15 is 0 Å². The second-order valence-corrected chi connectivity index (χ2v) is 6.63. The zero-order chi connectivity index (χ0) is 16.2. The second-order valence-electron chi connectivity index (χ2n) is 6.63. The molecule has 1 saturated heterocycles. The average Bonchev–Trinajstić information content (AvgIpc) is 2.46. The normalized spacial score (nSPS) is 18.6. The van der Waals surface area contributed by atoms with Gasteiger partial charge in [0.05, 0.1) is 7.11 Å². The molecule has 22 heavy (non-hydrogen) atoms. The lowest BCUT2D eigenvalue weighted by Crippen LogP contribution is -2.29. The molecule has 5 nitrogen and oxygen atoms in total. The van der Waals surface area contributed by atoms with Crippen molar-refractivity contribution in [2.24, 2.45) is 0 Å². The van der Waals surface area contributed by atoms with Gasteiger partial charge < -0.3 is 14.8 Å². The van der Waals surface area contributed by atoms with Crippen molar-refractivity contribution in [2.75, 3.05) is 25.5 Å². The Balaban J connectivity index is 2.14. The van der Waals surface area contributed by atoms with E-state index in [1.54, 1.807) is 7.11 Å². The number of hydrogen-bond donors (Lipinski definition) is 2. The number of anilines is 1. The van der Waals surface area contributed by atoms with Gasteiger partial charge in [-0.1, -0.05) is 0 Å². The van der Waals surface area contributed by atoms with Gasteiger partial charge in [0.15, 0.2) is 0 Å². The molecule has 1 amide bonds. The van der Waals surface area contributed by atoms with Gasteiger partial charge in [0, 0.05) is 23.7 Å². The molecule has 1 fully saturated rings. The van der Waals surface area contributed by atoms with Crippen LogP contribution in [-0.2, 0) is 4.74 Å². The largest absolute Gasteiger partial charge is 0.496 e. The number of benzene rings is 1. The number of piperidine rings is 1. The standard InChI is InChI=1S/C17H26N2O3/c1-17(2,3)22-16(20)19-13-7-8-15(21-4)14(10-13)12-6-5-9-18-11-12/h7-8,10,12,18H,5-6,9,11H2,1-4H3,(H,19,20). The number of rotatable bonds is 3. The highest BCUT2D eigenvalue weighted by atomic mass is 16.6. The molecular weight excluding hydrogens is 280 g/mol. The zero-order valence-electron chi connectivity index (χ0n) is 13.9. The summed E-state index contributed by atoms with van der Waals surface area (Å²) in [7, 11) is 1.68. The lowest BCUT2D eigenvalue weighted by Gasteiger charge is -2.25. The third-order valence-electron chi connectivity index (χ3n) is 3.61. The molecule has 1 aliphatic heterocycles. The number of hydrogen-bond acceptors (Lipinski definition) is 4. The second kappa shape index (κ2) is 7.01. The smallest absolute Gasteiger partial charge is 0.412 e. The molecule has 0 bridgehead atoms. The van der Waals surface area contributed by atoms with Gasteiger partial charge in [-0.3, -0.25) is 5.32 Å². The molecule has 122 valence electrons. The molecule has 2 N–H and O–H groups in total. The summed E-state index contributed by atoms with van der Waals surface area (Å²) in [6.45, 7) is 7.54. The first kappa shape index (κ1) is 16.6. The summed E-state index contributed by atoms with van der Waals surface area (Å²) in [5, 5.41) is 6.20. The van der Waals surface area contributed by atoms with Gasteiger partial charge >= 0.3 is 6.09 Å². The van der Waals surface area contributed by atoms with Crippen LogP contribution in [-0.4, -0.2) is 31.9 Å². The Bertz CT molecular complexity index is 517. The van der Waals surface area contributed by atoms with E-state index in [0.717, 1.165) is 42.9 Å². The Kier molecular flexibility index (Phi) is 5.29.